The zero-order valence-electron chi connectivity index (χ0n) is 6.63. The number of nitrogens with zero attached hydrogens (tertiary/aromatic N) is 1. The van der Waals surface area contributed by atoms with Crippen LogP contribution in [0.5, 0.6) is 0 Å². The maximum Gasteiger partial charge on any atom is 0.102 e. The summed E-state index contributed by atoms with van der Waals surface area (Å²) >= 11 is 0. The summed E-state index contributed by atoms with van der Waals surface area (Å²) in [5.41, 5.74) is 5.69. The second-order valence-corrected chi connectivity index (χ2v) is 2.89. The van der Waals surface area contributed by atoms with Crippen molar-refractivity contribution >= 4 is 12.4 Å². The second kappa shape index (κ2) is 5.75. The van der Waals surface area contributed by atoms with Crippen LogP contribution in [-0.2, 0) is 0 Å². The third-order valence-corrected chi connectivity index (χ3v) is 1.94. The fraction of sp³-hybridized carbons (Fsp3) is 1.00. The van der Waals surface area contributed by atoms with Gasteiger partial charge < -0.3 is 5.73 Å². The van der Waals surface area contributed by atoms with E-state index in [2.05, 4.69) is 4.90 Å². The predicted octanol–water partition coefficient (Wildman–Crippen LogP) is 0.801. The smallest absolute Gasteiger partial charge is 0.102 e. The molecular weight excluding hydrogens is 167 g/mol. The van der Waals surface area contributed by atoms with Gasteiger partial charge >= 0.3 is 0 Å². The highest BCUT2D eigenvalue weighted by molar-refractivity contribution is 5.85. The van der Waals surface area contributed by atoms with Crippen LogP contribution in [0.1, 0.15) is 12.8 Å². The van der Waals surface area contributed by atoms with Crippen molar-refractivity contribution < 1.29 is 4.39 Å². The Balaban J connectivity index is 0.000001000. The van der Waals surface area contributed by atoms with E-state index >= 15 is 0 Å². The Kier molecular flexibility index (Phi) is 5.82. The Morgan fingerprint density at radius 1 is 1.55 bits per heavy atom. The van der Waals surface area contributed by atoms with Gasteiger partial charge in [-0.2, -0.15) is 0 Å². The molecule has 0 aromatic carbocycles. The number of halogens is 2. The van der Waals surface area contributed by atoms with Crippen molar-refractivity contribution in [3.8, 4) is 0 Å². The van der Waals surface area contributed by atoms with Crippen LogP contribution < -0.4 is 5.73 Å². The van der Waals surface area contributed by atoms with E-state index in [1.807, 2.05) is 0 Å². The molecular formula is C7H16ClFN2. The van der Waals surface area contributed by atoms with Crippen molar-refractivity contribution in [2.24, 2.45) is 5.73 Å². The number of rotatable bonds is 2. The molecule has 1 aliphatic heterocycles. The molecule has 0 saturated carbocycles. The lowest BCUT2D eigenvalue weighted by Crippen LogP contribution is -2.43. The average Bonchev–Trinajstić information content (AvgIpc) is 1.88. The summed E-state index contributed by atoms with van der Waals surface area (Å²) in [6.07, 6.45) is 2.23. The van der Waals surface area contributed by atoms with Gasteiger partial charge in [0.15, 0.2) is 0 Å². The van der Waals surface area contributed by atoms with Gasteiger partial charge in [-0.05, 0) is 19.4 Å². The first kappa shape index (κ1) is 11.1. The number of hydrogen-bond donors (Lipinski definition) is 1. The normalized spacial score (nSPS) is 26.2. The summed E-state index contributed by atoms with van der Waals surface area (Å²) < 4.78 is 11.8. The molecule has 2 N–H and O–H groups in total. The third kappa shape index (κ3) is 3.89. The van der Waals surface area contributed by atoms with Crippen LogP contribution >= 0.6 is 12.4 Å². The zero-order valence-corrected chi connectivity index (χ0v) is 7.45. The highest BCUT2D eigenvalue weighted by atomic mass is 35.5. The number of hydrogen-bond acceptors (Lipinski definition) is 2. The Bertz CT molecular complexity index is 100. The minimum atomic E-state index is -0.243. The molecule has 0 spiro atoms. The van der Waals surface area contributed by atoms with Gasteiger partial charge in [0.25, 0.3) is 0 Å². The number of nitrogens with two attached hydrogens (primary N) is 1. The molecule has 0 bridgehead atoms. The number of piperidine rings is 1. The lowest BCUT2D eigenvalue weighted by atomic mass is 10.1. The van der Waals surface area contributed by atoms with Crippen LogP contribution in [0.4, 0.5) is 4.39 Å². The van der Waals surface area contributed by atoms with Crippen LogP contribution in [0.3, 0.4) is 0 Å². The van der Waals surface area contributed by atoms with Gasteiger partial charge in [-0.15, -0.1) is 12.4 Å². The van der Waals surface area contributed by atoms with Gasteiger partial charge in [0, 0.05) is 19.1 Å². The molecule has 1 heterocycles. The Morgan fingerprint density at radius 2 is 2.27 bits per heavy atom. The van der Waals surface area contributed by atoms with Gasteiger partial charge in [0.05, 0.1) is 0 Å². The van der Waals surface area contributed by atoms with E-state index in [9.17, 15) is 4.39 Å². The van der Waals surface area contributed by atoms with E-state index in [1.165, 1.54) is 0 Å². The first-order valence-corrected chi connectivity index (χ1v) is 3.87. The minimum absolute atomic E-state index is 0. The standard InChI is InChI=1S/C7H15FN2.ClH/c8-3-5-10-4-1-2-7(9)6-10;/h7H,1-6,9H2;1H/t7-;/m1./s1. The van der Waals surface area contributed by atoms with Gasteiger partial charge in [-0.25, -0.2) is 4.39 Å². The Labute approximate surface area is 73.3 Å². The molecule has 68 valence electrons. The molecule has 0 unspecified atom stereocenters. The van der Waals surface area contributed by atoms with E-state index < -0.39 is 0 Å². The lowest BCUT2D eigenvalue weighted by molar-refractivity contribution is 0.194. The van der Waals surface area contributed by atoms with Gasteiger partial charge in [0.1, 0.15) is 6.67 Å². The van der Waals surface area contributed by atoms with Crippen molar-refractivity contribution in [3.63, 3.8) is 0 Å². The fourth-order valence-corrected chi connectivity index (χ4v) is 1.41. The van der Waals surface area contributed by atoms with Crippen molar-refractivity contribution in [1.82, 2.24) is 4.90 Å². The van der Waals surface area contributed by atoms with Crippen LogP contribution in [0.15, 0.2) is 0 Å². The van der Waals surface area contributed by atoms with E-state index in [4.69, 9.17) is 5.73 Å². The summed E-state index contributed by atoms with van der Waals surface area (Å²) in [6, 6.07) is 0.278. The molecule has 0 aromatic heterocycles. The quantitative estimate of drug-likeness (QED) is 0.685. The van der Waals surface area contributed by atoms with E-state index in [0.29, 0.717) is 6.54 Å². The van der Waals surface area contributed by atoms with Crippen LogP contribution in [-0.4, -0.2) is 37.3 Å². The number of likely N-dealkylation sites (tertiary alicyclic amines) is 1. The molecule has 2 nitrogen and oxygen atoms in total. The molecule has 0 radical (unpaired) electrons. The largest absolute Gasteiger partial charge is 0.327 e. The maximum absolute atomic E-state index is 11.8. The first-order valence-electron chi connectivity index (χ1n) is 3.87. The molecule has 1 saturated heterocycles. The minimum Gasteiger partial charge on any atom is -0.327 e. The van der Waals surface area contributed by atoms with Gasteiger partial charge in [-0.1, -0.05) is 0 Å². The van der Waals surface area contributed by atoms with Crippen molar-refractivity contribution in [1.29, 1.82) is 0 Å². The Hall–Kier alpha value is 0.140. The third-order valence-electron chi connectivity index (χ3n) is 1.94. The van der Waals surface area contributed by atoms with Crippen molar-refractivity contribution in [2.75, 3.05) is 26.3 Å². The fourth-order valence-electron chi connectivity index (χ4n) is 1.41. The monoisotopic (exact) mass is 182 g/mol. The van der Waals surface area contributed by atoms with Crippen LogP contribution in [0.25, 0.3) is 0 Å². The van der Waals surface area contributed by atoms with E-state index in [-0.39, 0.29) is 25.1 Å². The zero-order chi connectivity index (χ0) is 7.40. The van der Waals surface area contributed by atoms with Crippen LogP contribution in [0.2, 0.25) is 0 Å². The summed E-state index contributed by atoms with van der Waals surface area (Å²) in [5, 5.41) is 0. The predicted molar refractivity (Wildman–Crippen MR) is 46.9 cm³/mol. The molecule has 0 aliphatic carbocycles. The second-order valence-electron chi connectivity index (χ2n) is 2.89. The molecule has 0 amide bonds. The van der Waals surface area contributed by atoms with E-state index in [0.717, 1.165) is 25.9 Å². The summed E-state index contributed by atoms with van der Waals surface area (Å²) in [5.74, 6) is 0. The molecule has 1 atom stereocenters. The molecule has 11 heavy (non-hydrogen) atoms. The average molecular weight is 183 g/mol. The molecule has 4 heteroatoms. The summed E-state index contributed by atoms with van der Waals surface area (Å²) in [6.45, 7) is 2.22. The lowest BCUT2D eigenvalue weighted by Gasteiger charge is -2.29. The molecule has 1 aliphatic rings. The highest BCUT2D eigenvalue weighted by Gasteiger charge is 2.15. The van der Waals surface area contributed by atoms with Crippen molar-refractivity contribution in [2.45, 2.75) is 18.9 Å². The Morgan fingerprint density at radius 3 is 2.82 bits per heavy atom. The first-order chi connectivity index (χ1) is 4.83. The highest BCUT2D eigenvalue weighted by Crippen LogP contribution is 2.06. The van der Waals surface area contributed by atoms with Crippen LogP contribution in [0, 0.1) is 0 Å². The molecule has 1 rings (SSSR count). The summed E-state index contributed by atoms with van der Waals surface area (Å²) in [7, 11) is 0. The number of alkyl halides is 1. The van der Waals surface area contributed by atoms with Gasteiger partial charge in [-0.3, -0.25) is 4.90 Å². The topological polar surface area (TPSA) is 29.3 Å². The molecule has 0 aromatic rings. The summed E-state index contributed by atoms with van der Waals surface area (Å²) in [4.78, 5) is 2.09. The molecule has 1 fully saturated rings. The van der Waals surface area contributed by atoms with Crippen molar-refractivity contribution in [3.05, 3.63) is 0 Å². The van der Waals surface area contributed by atoms with Gasteiger partial charge in [0.2, 0.25) is 0 Å². The van der Waals surface area contributed by atoms with E-state index in [1.54, 1.807) is 0 Å². The SMILES string of the molecule is Cl.N[C@@H]1CCCN(CCF)C1. The maximum atomic E-state index is 11.8.